The van der Waals surface area contributed by atoms with Crippen LogP contribution in [0, 0.1) is 0 Å². The highest BCUT2D eigenvalue weighted by Crippen LogP contribution is 2.35. The quantitative estimate of drug-likeness (QED) is 0.101. The van der Waals surface area contributed by atoms with Gasteiger partial charge in [-0.25, -0.2) is 9.48 Å². The normalized spacial score (nSPS) is 14.3. The highest BCUT2D eigenvalue weighted by atomic mass is 35.5. The van der Waals surface area contributed by atoms with Gasteiger partial charge in [-0.1, -0.05) is 102 Å². The summed E-state index contributed by atoms with van der Waals surface area (Å²) >= 11 is 7.29. The van der Waals surface area contributed by atoms with E-state index >= 15 is 0 Å². The van der Waals surface area contributed by atoms with E-state index in [0.29, 0.717) is 52.1 Å². The molecule has 0 radical (unpaired) electrons. The monoisotopic (exact) mass is 712 g/mol. The molecule has 50 heavy (non-hydrogen) atoms. The Kier molecular flexibility index (Phi) is 10.0. The number of carbonyl (C=O) groups excluding carboxylic acids is 2. The van der Waals surface area contributed by atoms with Crippen molar-refractivity contribution in [3.63, 3.8) is 0 Å². The molecule has 0 spiro atoms. The number of urea groups is 1. The second-order valence-corrected chi connectivity index (χ2v) is 13.3. The van der Waals surface area contributed by atoms with Gasteiger partial charge in [0, 0.05) is 5.56 Å². The molecule has 3 aromatic carbocycles. The number of carbonyl (C=O) groups is 2. The number of hydrogen-bond donors (Lipinski definition) is 3. The molecule has 0 saturated heterocycles. The van der Waals surface area contributed by atoms with Crippen molar-refractivity contribution in [1.29, 1.82) is 0 Å². The van der Waals surface area contributed by atoms with Gasteiger partial charge in [0.2, 0.25) is 17.7 Å². The average Bonchev–Trinajstić information content (AvgIpc) is 3.88. The van der Waals surface area contributed by atoms with Gasteiger partial charge in [0.25, 0.3) is 5.22 Å². The zero-order chi connectivity index (χ0) is 34.3. The number of benzene rings is 3. The highest BCUT2D eigenvalue weighted by molar-refractivity contribution is 7.99. The molecule has 256 valence electrons. The zero-order valence-corrected chi connectivity index (χ0v) is 28.4. The third kappa shape index (κ3) is 7.95. The third-order valence-electron chi connectivity index (χ3n) is 8.40. The van der Waals surface area contributed by atoms with E-state index in [2.05, 4.69) is 41.6 Å². The number of fused-ring (bicyclic) bond motifs is 1. The maximum atomic E-state index is 13.4. The molecule has 3 amide bonds. The van der Waals surface area contributed by atoms with Gasteiger partial charge in [0.15, 0.2) is 5.82 Å². The van der Waals surface area contributed by atoms with Crippen LogP contribution in [0.1, 0.15) is 55.9 Å². The van der Waals surface area contributed by atoms with Crippen molar-refractivity contribution in [2.45, 2.75) is 62.4 Å². The van der Waals surface area contributed by atoms with Crippen LogP contribution in [0.2, 0.25) is 5.02 Å². The lowest BCUT2D eigenvalue weighted by molar-refractivity contribution is -0.121. The number of amides is 3. The Morgan fingerprint density at radius 2 is 1.74 bits per heavy atom. The Balaban J connectivity index is 0.956. The maximum absolute atomic E-state index is 13.4. The lowest BCUT2D eigenvalue weighted by Crippen LogP contribution is -2.47. The van der Waals surface area contributed by atoms with Crippen LogP contribution in [0.15, 0.2) is 87.1 Å². The summed E-state index contributed by atoms with van der Waals surface area (Å²) < 4.78 is 13.1. The minimum Gasteiger partial charge on any atom is -0.411 e. The molecule has 14 nitrogen and oxygen atoms in total. The van der Waals surface area contributed by atoms with Crippen LogP contribution >= 0.6 is 23.4 Å². The second-order valence-electron chi connectivity index (χ2n) is 12.0. The van der Waals surface area contributed by atoms with E-state index in [1.54, 1.807) is 35.1 Å². The highest BCUT2D eigenvalue weighted by Gasteiger charge is 2.39. The smallest absolute Gasteiger partial charge is 0.319 e. The summed E-state index contributed by atoms with van der Waals surface area (Å²) in [5.41, 5.74) is 1.08. The Morgan fingerprint density at radius 1 is 0.940 bits per heavy atom. The first-order valence-electron chi connectivity index (χ1n) is 16.2. The summed E-state index contributed by atoms with van der Waals surface area (Å²) in [5.74, 6) is 1.04. The van der Waals surface area contributed by atoms with Crippen LogP contribution in [0.4, 0.5) is 10.5 Å². The fourth-order valence-corrected chi connectivity index (χ4v) is 6.67. The van der Waals surface area contributed by atoms with Gasteiger partial charge in [0.05, 0.1) is 29.2 Å². The molecule has 7 rings (SSSR count). The lowest BCUT2D eigenvalue weighted by Gasteiger charge is -2.30. The molecule has 16 heteroatoms. The van der Waals surface area contributed by atoms with Crippen LogP contribution in [-0.2, 0) is 23.4 Å². The van der Waals surface area contributed by atoms with Crippen molar-refractivity contribution in [3.05, 3.63) is 95.4 Å². The van der Waals surface area contributed by atoms with Gasteiger partial charge in [-0.15, -0.1) is 15.3 Å². The second kappa shape index (κ2) is 15.1. The molecule has 0 atom stereocenters. The molecule has 0 bridgehead atoms. The third-order valence-corrected chi connectivity index (χ3v) is 9.55. The Hall–Kier alpha value is -5.28. The summed E-state index contributed by atoms with van der Waals surface area (Å²) in [6, 6.07) is 20.5. The van der Waals surface area contributed by atoms with Crippen molar-refractivity contribution in [2.75, 3.05) is 11.1 Å². The number of nitrogens with one attached hydrogen (secondary N) is 3. The molecule has 0 aliphatic heterocycles. The topological polar surface area (TPSA) is 179 Å². The number of aromatic nitrogens is 7. The number of anilines is 1. The fraction of sp³-hybridized carbons (Fsp3) is 0.294. The van der Waals surface area contributed by atoms with Gasteiger partial charge in [0.1, 0.15) is 17.8 Å². The summed E-state index contributed by atoms with van der Waals surface area (Å²) in [6.45, 7) is 0.315. The van der Waals surface area contributed by atoms with E-state index in [4.69, 9.17) is 25.5 Å². The first-order valence-corrected chi connectivity index (χ1v) is 17.6. The summed E-state index contributed by atoms with van der Waals surface area (Å²) in [7, 11) is 0. The molecular weight excluding hydrogens is 680 g/mol. The molecule has 3 heterocycles. The number of para-hydroxylation sites is 1. The van der Waals surface area contributed by atoms with E-state index in [1.807, 2.05) is 42.5 Å². The van der Waals surface area contributed by atoms with Crippen LogP contribution in [0.5, 0.6) is 0 Å². The van der Waals surface area contributed by atoms with Crippen molar-refractivity contribution in [3.8, 4) is 11.5 Å². The molecule has 1 aliphatic rings. The number of thioether (sulfide) groups is 1. The van der Waals surface area contributed by atoms with E-state index in [1.165, 1.54) is 11.8 Å². The van der Waals surface area contributed by atoms with Crippen molar-refractivity contribution in [2.24, 2.45) is 0 Å². The first-order chi connectivity index (χ1) is 24.4. The number of rotatable bonds is 11. The molecule has 0 unspecified atom stereocenters. The number of nitrogens with zero attached hydrogens (tertiary/aromatic N) is 7. The Labute approximate surface area is 295 Å². The van der Waals surface area contributed by atoms with Crippen molar-refractivity contribution >= 4 is 51.8 Å². The number of halogens is 1. The average molecular weight is 713 g/mol. The lowest BCUT2D eigenvalue weighted by atomic mass is 9.89. The van der Waals surface area contributed by atoms with Gasteiger partial charge in [-0.2, -0.15) is 4.98 Å². The molecule has 3 N–H and O–H groups in total. The molecule has 1 aliphatic carbocycles. The van der Waals surface area contributed by atoms with Gasteiger partial charge in [-0.3, -0.25) is 4.79 Å². The van der Waals surface area contributed by atoms with E-state index in [0.717, 1.165) is 42.0 Å². The van der Waals surface area contributed by atoms with E-state index < -0.39 is 11.6 Å². The zero-order valence-electron chi connectivity index (χ0n) is 26.8. The van der Waals surface area contributed by atoms with Crippen LogP contribution < -0.4 is 16.0 Å². The van der Waals surface area contributed by atoms with Crippen molar-refractivity contribution < 1.29 is 18.5 Å². The predicted octanol–water partition coefficient (Wildman–Crippen LogP) is 6.35. The minimum atomic E-state index is -0.770. The first kappa shape index (κ1) is 33.2. The number of hydrogen-bond acceptors (Lipinski definition) is 11. The summed E-state index contributed by atoms with van der Waals surface area (Å²) in [5, 5.41) is 32.5. The van der Waals surface area contributed by atoms with Gasteiger partial charge >= 0.3 is 6.03 Å². The van der Waals surface area contributed by atoms with Crippen LogP contribution in [0.3, 0.4) is 0 Å². The van der Waals surface area contributed by atoms with Crippen molar-refractivity contribution in [1.82, 2.24) is 46.0 Å². The van der Waals surface area contributed by atoms with Gasteiger partial charge in [-0.05, 0) is 47.9 Å². The molecule has 1 saturated carbocycles. The predicted molar refractivity (Wildman–Crippen MR) is 186 cm³/mol. The molecule has 1 fully saturated rings. The SMILES string of the molecule is O=C(CSc1nnc(-c2ccc3ccccc3c2)o1)NC1(c2noc(Cn3cc(CNC(=O)Nc4ccccc4Cl)nn3)n2)CCCCCC1. The molecule has 6 aromatic rings. The summed E-state index contributed by atoms with van der Waals surface area (Å²) in [6.07, 6.45) is 7.00. The van der Waals surface area contributed by atoms with Crippen LogP contribution in [-0.4, -0.2) is 53.0 Å². The van der Waals surface area contributed by atoms with E-state index in [-0.39, 0.29) is 24.7 Å². The van der Waals surface area contributed by atoms with Gasteiger partial charge < -0.3 is 24.9 Å². The van der Waals surface area contributed by atoms with E-state index in [9.17, 15) is 9.59 Å². The fourth-order valence-electron chi connectivity index (χ4n) is 5.92. The summed E-state index contributed by atoms with van der Waals surface area (Å²) in [4.78, 5) is 30.4. The standard InChI is InChI=1S/C34H33ClN10O4S/c35-26-11-5-6-12-27(26)37-32(47)36-18-25-19-45(44-40-25)20-29-38-31(43-49-29)34(15-7-1-2-8-16-34)39-28(46)21-50-33-42-41-30(48-33)24-14-13-22-9-3-4-10-23(22)17-24/h3-6,9-14,17,19H,1-2,7-8,15-16,18,20-21H2,(H,39,46)(H2,36,37,47). The Morgan fingerprint density at radius 3 is 2.58 bits per heavy atom. The Bertz CT molecular complexity index is 2110. The molecular formula is C34H33ClN10O4S. The minimum absolute atomic E-state index is 0.0813. The largest absolute Gasteiger partial charge is 0.411 e. The maximum Gasteiger partial charge on any atom is 0.319 e. The molecule has 3 aromatic heterocycles. The van der Waals surface area contributed by atoms with Crippen LogP contribution in [0.25, 0.3) is 22.2 Å².